The number of anilines is 1. The first-order valence-electron chi connectivity index (χ1n) is 6.33. The summed E-state index contributed by atoms with van der Waals surface area (Å²) in [6.07, 6.45) is 2.48. The van der Waals surface area contributed by atoms with Gasteiger partial charge in [0.1, 0.15) is 0 Å². The van der Waals surface area contributed by atoms with Crippen LogP contribution in [0.4, 0.5) is 5.69 Å². The Morgan fingerprint density at radius 3 is 2.84 bits per heavy atom. The maximum Gasteiger partial charge on any atom is 0.222 e. The van der Waals surface area contributed by atoms with Crippen LogP contribution in [0.1, 0.15) is 30.1 Å². The maximum atomic E-state index is 11.4. The van der Waals surface area contributed by atoms with Gasteiger partial charge in [0.25, 0.3) is 0 Å². The smallest absolute Gasteiger partial charge is 0.222 e. The minimum atomic E-state index is -0.279. The average molecular weight is 281 g/mol. The number of carbonyl (C=O) groups is 2. The number of halogens is 1. The van der Waals surface area contributed by atoms with Gasteiger partial charge in [0, 0.05) is 28.9 Å². The molecule has 19 heavy (non-hydrogen) atoms. The molecule has 1 amide bonds. The molecule has 2 rings (SSSR count). The molecule has 102 valence electrons. The zero-order valence-corrected chi connectivity index (χ0v) is 11.6. The highest BCUT2D eigenvalue weighted by molar-refractivity contribution is 6.31. The Hall–Kier alpha value is -1.55. The molecule has 0 aliphatic carbocycles. The molecular formula is C14H17ClN2O2. The summed E-state index contributed by atoms with van der Waals surface area (Å²) >= 11 is 5.90. The third kappa shape index (κ3) is 2.89. The van der Waals surface area contributed by atoms with Crippen LogP contribution in [0.3, 0.4) is 0 Å². The first-order valence-corrected chi connectivity index (χ1v) is 6.71. The van der Waals surface area contributed by atoms with Crippen molar-refractivity contribution in [2.45, 2.75) is 25.8 Å². The van der Waals surface area contributed by atoms with Gasteiger partial charge in [-0.05, 0) is 38.0 Å². The van der Waals surface area contributed by atoms with Crippen molar-refractivity contribution >= 4 is 29.5 Å². The van der Waals surface area contributed by atoms with Crippen molar-refractivity contribution in [3.63, 3.8) is 0 Å². The van der Waals surface area contributed by atoms with Crippen molar-refractivity contribution in [1.82, 2.24) is 0 Å². The summed E-state index contributed by atoms with van der Waals surface area (Å²) in [5.41, 5.74) is 6.75. The first-order chi connectivity index (χ1) is 9.02. The van der Waals surface area contributed by atoms with E-state index in [9.17, 15) is 9.59 Å². The second-order valence-electron chi connectivity index (χ2n) is 5.00. The Kier molecular flexibility index (Phi) is 4.10. The van der Waals surface area contributed by atoms with Crippen LogP contribution < -0.4 is 10.6 Å². The van der Waals surface area contributed by atoms with Crippen LogP contribution in [0, 0.1) is 5.92 Å². The highest BCUT2D eigenvalue weighted by atomic mass is 35.5. The van der Waals surface area contributed by atoms with E-state index in [-0.39, 0.29) is 17.9 Å². The van der Waals surface area contributed by atoms with Crippen LogP contribution in [-0.4, -0.2) is 24.8 Å². The summed E-state index contributed by atoms with van der Waals surface area (Å²) in [6, 6.07) is 5.50. The van der Waals surface area contributed by atoms with Gasteiger partial charge in [-0.1, -0.05) is 11.6 Å². The first kappa shape index (κ1) is 13.9. The molecule has 2 N–H and O–H groups in total. The molecule has 0 bridgehead atoms. The van der Waals surface area contributed by atoms with E-state index in [0.717, 1.165) is 24.8 Å². The summed E-state index contributed by atoms with van der Waals surface area (Å²) in [5, 5.41) is 0.530. The number of hydrogen-bond donors (Lipinski definition) is 1. The highest BCUT2D eigenvalue weighted by Crippen LogP contribution is 2.31. The monoisotopic (exact) mass is 280 g/mol. The van der Waals surface area contributed by atoms with E-state index >= 15 is 0 Å². The average Bonchev–Trinajstić information content (AvgIpc) is 2.39. The lowest BCUT2D eigenvalue weighted by Crippen LogP contribution is -2.46. The molecule has 1 aromatic carbocycles. The van der Waals surface area contributed by atoms with Crippen molar-refractivity contribution < 1.29 is 9.59 Å². The molecule has 1 aliphatic heterocycles. The number of nitrogens with zero attached hydrogens (tertiary/aromatic N) is 1. The van der Waals surface area contributed by atoms with Gasteiger partial charge >= 0.3 is 0 Å². The molecule has 1 aliphatic rings. The summed E-state index contributed by atoms with van der Waals surface area (Å²) < 4.78 is 0. The van der Waals surface area contributed by atoms with Crippen LogP contribution in [0.15, 0.2) is 18.2 Å². The number of hydrogen-bond acceptors (Lipinski definition) is 3. The maximum absolute atomic E-state index is 11.4. The van der Waals surface area contributed by atoms with E-state index in [1.807, 2.05) is 6.07 Å². The van der Waals surface area contributed by atoms with Gasteiger partial charge in [0.15, 0.2) is 6.29 Å². The molecule has 1 aromatic rings. The highest BCUT2D eigenvalue weighted by Gasteiger charge is 2.29. The van der Waals surface area contributed by atoms with Gasteiger partial charge < -0.3 is 10.6 Å². The second kappa shape index (κ2) is 5.61. The fourth-order valence-electron chi connectivity index (χ4n) is 2.56. The van der Waals surface area contributed by atoms with Gasteiger partial charge in [0.05, 0.1) is 5.92 Å². The SMILES string of the molecule is CC1CCC(C(N)=O)CN1c1ccc(Cl)cc1C=O. The Bertz CT molecular complexity index is 504. The van der Waals surface area contributed by atoms with Crippen molar-refractivity contribution in [2.24, 2.45) is 11.7 Å². The standard InChI is InChI=1S/C14H17ClN2O2/c1-9-2-3-10(14(16)19)7-17(9)13-5-4-12(15)6-11(13)8-18/h4-6,8-10H,2-3,7H2,1H3,(H2,16,19). The lowest BCUT2D eigenvalue weighted by molar-refractivity contribution is -0.122. The molecule has 1 saturated heterocycles. The quantitative estimate of drug-likeness (QED) is 0.864. The molecule has 1 heterocycles. The van der Waals surface area contributed by atoms with Crippen LogP contribution >= 0.6 is 11.6 Å². The van der Waals surface area contributed by atoms with Crippen molar-refractivity contribution in [3.05, 3.63) is 28.8 Å². The molecule has 0 spiro atoms. The van der Waals surface area contributed by atoms with Gasteiger partial charge in [-0.3, -0.25) is 9.59 Å². The molecule has 2 unspecified atom stereocenters. The van der Waals surface area contributed by atoms with Crippen LogP contribution in [-0.2, 0) is 4.79 Å². The fraction of sp³-hybridized carbons (Fsp3) is 0.429. The fourth-order valence-corrected chi connectivity index (χ4v) is 2.74. The van der Waals surface area contributed by atoms with E-state index in [4.69, 9.17) is 17.3 Å². The summed E-state index contributed by atoms with van der Waals surface area (Å²) in [7, 11) is 0. The van der Waals surface area contributed by atoms with Crippen molar-refractivity contribution in [3.8, 4) is 0 Å². The number of rotatable bonds is 3. The minimum Gasteiger partial charge on any atom is -0.369 e. The summed E-state index contributed by atoms with van der Waals surface area (Å²) in [4.78, 5) is 24.6. The van der Waals surface area contributed by atoms with Gasteiger partial charge in [-0.25, -0.2) is 0 Å². The third-order valence-electron chi connectivity index (χ3n) is 3.71. The molecule has 0 aromatic heterocycles. The molecule has 0 saturated carbocycles. The molecule has 0 radical (unpaired) electrons. The number of amides is 1. The number of primary amides is 1. The molecule has 5 heteroatoms. The van der Waals surface area contributed by atoms with Crippen molar-refractivity contribution in [1.29, 1.82) is 0 Å². The predicted octanol–water partition coefficient (Wildman–Crippen LogP) is 2.24. The topological polar surface area (TPSA) is 63.4 Å². The zero-order chi connectivity index (χ0) is 14.0. The molecule has 1 fully saturated rings. The van der Waals surface area contributed by atoms with Crippen LogP contribution in [0.2, 0.25) is 5.02 Å². The Balaban J connectivity index is 2.33. The number of benzene rings is 1. The van der Waals surface area contributed by atoms with E-state index < -0.39 is 0 Å². The largest absolute Gasteiger partial charge is 0.369 e. The normalized spacial score (nSPS) is 23.2. The number of nitrogens with two attached hydrogens (primary N) is 1. The van der Waals surface area contributed by atoms with Crippen LogP contribution in [0.25, 0.3) is 0 Å². The number of aldehydes is 1. The number of piperidine rings is 1. The van der Waals surface area contributed by atoms with E-state index in [0.29, 0.717) is 17.1 Å². The zero-order valence-electron chi connectivity index (χ0n) is 10.8. The van der Waals surface area contributed by atoms with E-state index in [1.165, 1.54) is 0 Å². The van der Waals surface area contributed by atoms with Gasteiger partial charge in [0.2, 0.25) is 5.91 Å². The predicted molar refractivity (Wildman–Crippen MR) is 75.6 cm³/mol. The summed E-state index contributed by atoms with van der Waals surface area (Å²) in [5.74, 6) is -0.440. The Morgan fingerprint density at radius 2 is 2.21 bits per heavy atom. The molecule has 4 nitrogen and oxygen atoms in total. The molecule has 2 atom stereocenters. The van der Waals surface area contributed by atoms with E-state index in [1.54, 1.807) is 12.1 Å². The lowest BCUT2D eigenvalue weighted by atomic mass is 9.92. The van der Waals surface area contributed by atoms with Gasteiger partial charge in [-0.2, -0.15) is 0 Å². The Morgan fingerprint density at radius 1 is 1.47 bits per heavy atom. The lowest BCUT2D eigenvalue weighted by Gasteiger charge is -2.39. The summed E-state index contributed by atoms with van der Waals surface area (Å²) in [6.45, 7) is 2.64. The molecular weight excluding hydrogens is 264 g/mol. The minimum absolute atomic E-state index is 0.161. The van der Waals surface area contributed by atoms with Gasteiger partial charge in [-0.15, -0.1) is 0 Å². The second-order valence-corrected chi connectivity index (χ2v) is 5.44. The number of carbonyl (C=O) groups excluding carboxylic acids is 2. The van der Waals surface area contributed by atoms with Crippen LogP contribution in [0.5, 0.6) is 0 Å². The third-order valence-corrected chi connectivity index (χ3v) is 3.95. The van der Waals surface area contributed by atoms with Crippen molar-refractivity contribution in [2.75, 3.05) is 11.4 Å². The Labute approximate surface area is 117 Å². The van der Waals surface area contributed by atoms with E-state index in [2.05, 4.69) is 11.8 Å².